The van der Waals surface area contributed by atoms with Crippen molar-refractivity contribution in [3.8, 4) is 0 Å². The average molecular weight is 193 g/mol. The molecular formula is C12H16FN. The second-order valence-electron chi connectivity index (χ2n) is 4.33. The maximum atomic E-state index is 12.6. The molecule has 0 amide bonds. The zero-order valence-electron chi connectivity index (χ0n) is 8.30. The van der Waals surface area contributed by atoms with Crippen molar-refractivity contribution in [2.75, 3.05) is 6.54 Å². The van der Waals surface area contributed by atoms with E-state index >= 15 is 0 Å². The highest BCUT2D eigenvalue weighted by Crippen LogP contribution is 2.48. The van der Waals surface area contributed by atoms with Gasteiger partial charge in [0.25, 0.3) is 0 Å². The summed E-state index contributed by atoms with van der Waals surface area (Å²) in [5, 5.41) is 0. The second-order valence-corrected chi connectivity index (χ2v) is 4.33. The van der Waals surface area contributed by atoms with Crippen molar-refractivity contribution < 1.29 is 4.39 Å². The van der Waals surface area contributed by atoms with Crippen LogP contribution in [0.4, 0.5) is 4.39 Å². The maximum absolute atomic E-state index is 12.6. The van der Waals surface area contributed by atoms with Crippen LogP contribution in [-0.4, -0.2) is 6.54 Å². The summed E-state index contributed by atoms with van der Waals surface area (Å²) in [7, 11) is 0. The highest BCUT2D eigenvalue weighted by Gasteiger charge is 2.40. The normalized spacial score (nSPS) is 18.1. The summed E-state index contributed by atoms with van der Waals surface area (Å²) in [6, 6.07) is 6.78. The Bertz CT molecular complexity index is 301. The van der Waals surface area contributed by atoms with Crippen LogP contribution >= 0.6 is 0 Å². The number of benzene rings is 1. The minimum absolute atomic E-state index is 0.159. The molecule has 1 nitrogen and oxygen atoms in total. The zero-order valence-corrected chi connectivity index (χ0v) is 8.30. The number of nitrogens with two attached hydrogens (primary N) is 1. The third-order valence-electron chi connectivity index (χ3n) is 3.25. The molecule has 2 heteroatoms. The van der Waals surface area contributed by atoms with Crippen molar-refractivity contribution in [2.24, 2.45) is 11.1 Å². The van der Waals surface area contributed by atoms with E-state index in [2.05, 4.69) is 0 Å². The molecule has 1 aliphatic carbocycles. The van der Waals surface area contributed by atoms with Crippen LogP contribution in [0.5, 0.6) is 0 Å². The van der Waals surface area contributed by atoms with Gasteiger partial charge in [0, 0.05) is 0 Å². The summed E-state index contributed by atoms with van der Waals surface area (Å²) >= 11 is 0. The smallest absolute Gasteiger partial charge is 0.123 e. The summed E-state index contributed by atoms with van der Waals surface area (Å²) < 4.78 is 12.6. The van der Waals surface area contributed by atoms with Gasteiger partial charge in [-0.1, -0.05) is 12.1 Å². The minimum Gasteiger partial charge on any atom is -0.330 e. The van der Waals surface area contributed by atoms with Crippen LogP contribution in [0, 0.1) is 11.2 Å². The van der Waals surface area contributed by atoms with Gasteiger partial charge in [0.1, 0.15) is 5.82 Å². The molecule has 1 aromatic rings. The molecular weight excluding hydrogens is 177 g/mol. The fraction of sp³-hybridized carbons (Fsp3) is 0.500. The topological polar surface area (TPSA) is 26.0 Å². The van der Waals surface area contributed by atoms with E-state index in [4.69, 9.17) is 5.73 Å². The standard InChI is InChI=1S/C12H16FN/c13-11-3-1-10(2-4-11)5-6-12(9-14)7-8-12/h1-4H,5-9,14H2. The molecule has 0 aromatic heterocycles. The van der Waals surface area contributed by atoms with Crippen molar-refractivity contribution in [1.29, 1.82) is 0 Å². The van der Waals surface area contributed by atoms with Crippen LogP contribution in [0.2, 0.25) is 0 Å². The molecule has 1 saturated carbocycles. The molecule has 0 aliphatic heterocycles. The molecule has 1 aromatic carbocycles. The Morgan fingerprint density at radius 3 is 2.36 bits per heavy atom. The summed E-state index contributed by atoms with van der Waals surface area (Å²) in [5.41, 5.74) is 7.34. The number of hydrogen-bond acceptors (Lipinski definition) is 1. The number of hydrogen-bond donors (Lipinski definition) is 1. The van der Waals surface area contributed by atoms with Crippen LogP contribution in [0.1, 0.15) is 24.8 Å². The van der Waals surface area contributed by atoms with E-state index in [1.165, 1.54) is 30.5 Å². The lowest BCUT2D eigenvalue weighted by Gasteiger charge is -2.11. The molecule has 2 N–H and O–H groups in total. The monoisotopic (exact) mass is 193 g/mol. The van der Waals surface area contributed by atoms with Crippen LogP contribution in [0.25, 0.3) is 0 Å². The summed E-state index contributed by atoms with van der Waals surface area (Å²) in [4.78, 5) is 0. The fourth-order valence-electron chi connectivity index (χ4n) is 1.79. The quantitative estimate of drug-likeness (QED) is 0.781. The number of halogens is 1. The van der Waals surface area contributed by atoms with Crippen molar-refractivity contribution in [3.63, 3.8) is 0 Å². The predicted molar refractivity (Wildman–Crippen MR) is 55.4 cm³/mol. The van der Waals surface area contributed by atoms with Crippen LogP contribution in [0.15, 0.2) is 24.3 Å². The van der Waals surface area contributed by atoms with Gasteiger partial charge < -0.3 is 5.73 Å². The van der Waals surface area contributed by atoms with E-state index in [1.807, 2.05) is 12.1 Å². The van der Waals surface area contributed by atoms with E-state index in [1.54, 1.807) is 0 Å². The Kier molecular flexibility index (Phi) is 2.55. The summed E-state index contributed by atoms with van der Waals surface area (Å²) in [6.45, 7) is 0.800. The Balaban J connectivity index is 1.89. The van der Waals surface area contributed by atoms with Gasteiger partial charge in [-0.3, -0.25) is 0 Å². The third-order valence-corrected chi connectivity index (χ3v) is 3.25. The SMILES string of the molecule is NCC1(CCc2ccc(F)cc2)CC1. The van der Waals surface area contributed by atoms with Crippen LogP contribution in [-0.2, 0) is 6.42 Å². The van der Waals surface area contributed by atoms with Crippen LogP contribution < -0.4 is 5.73 Å². The highest BCUT2D eigenvalue weighted by molar-refractivity contribution is 5.16. The number of rotatable bonds is 4. The van der Waals surface area contributed by atoms with Gasteiger partial charge in [-0.05, 0) is 55.3 Å². The lowest BCUT2D eigenvalue weighted by Crippen LogP contribution is -2.15. The van der Waals surface area contributed by atoms with Crippen LogP contribution in [0.3, 0.4) is 0 Å². The molecule has 0 radical (unpaired) electrons. The molecule has 14 heavy (non-hydrogen) atoms. The van der Waals surface area contributed by atoms with E-state index < -0.39 is 0 Å². The Morgan fingerprint density at radius 1 is 1.21 bits per heavy atom. The molecule has 0 saturated heterocycles. The van der Waals surface area contributed by atoms with Gasteiger partial charge in [0.2, 0.25) is 0 Å². The molecule has 1 fully saturated rings. The average Bonchev–Trinajstić information content (AvgIpc) is 2.98. The van der Waals surface area contributed by atoms with Gasteiger partial charge in [-0.25, -0.2) is 4.39 Å². The summed E-state index contributed by atoms with van der Waals surface area (Å²) in [6.07, 6.45) is 4.71. The molecule has 0 bridgehead atoms. The van der Waals surface area contributed by atoms with Gasteiger partial charge in [-0.2, -0.15) is 0 Å². The fourth-order valence-corrected chi connectivity index (χ4v) is 1.79. The van der Waals surface area contributed by atoms with E-state index in [-0.39, 0.29) is 5.82 Å². The minimum atomic E-state index is -0.159. The third kappa shape index (κ3) is 2.13. The van der Waals surface area contributed by atoms with Gasteiger partial charge >= 0.3 is 0 Å². The van der Waals surface area contributed by atoms with Gasteiger partial charge in [0.15, 0.2) is 0 Å². The van der Waals surface area contributed by atoms with Gasteiger partial charge in [0.05, 0.1) is 0 Å². The van der Waals surface area contributed by atoms with Crippen molar-refractivity contribution in [3.05, 3.63) is 35.6 Å². The Morgan fingerprint density at radius 2 is 1.86 bits per heavy atom. The molecule has 0 heterocycles. The Hall–Kier alpha value is -0.890. The lowest BCUT2D eigenvalue weighted by molar-refractivity contribution is 0.478. The molecule has 76 valence electrons. The first-order valence-corrected chi connectivity index (χ1v) is 5.19. The molecule has 0 atom stereocenters. The summed E-state index contributed by atoms with van der Waals surface area (Å²) in [5.74, 6) is -0.159. The Labute approximate surface area is 84.1 Å². The predicted octanol–water partition coefficient (Wildman–Crippen LogP) is 2.50. The van der Waals surface area contributed by atoms with E-state index in [0.717, 1.165) is 19.4 Å². The first-order chi connectivity index (χ1) is 6.74. The van der Waals surface area contributed by atoms with Gasteiger partial charge in [-0.15, -0.1) is 0 Å². The lowest BCUT2D eigenvalue weighted by atomic mass is 9.97. The highest BCUT2D eigenvalue weighted by atomic mass is 19.1. The first kappa shape index (κ1) is 9.66. The van der Waals surface area contributed by atoms with E-state index in [0.29, 0.717) is 5.41 Å². The zero-order chi connectivity index (χ0) is 10.0. The van der Waals surface area contributed by atoms with Crippen molar-refractivity contribution >= 4 is 0 Å². The van der Waals surface area contributed by atoms with Crippen molar-refractivity contribution in [2.45, 2.75) is 25.7 Å². The maximum Gasteiger partial charge on any atom is 0.123 e. The van der Waals surface area contributed by atoms with Crippen molar-refractivity contribution in [1.82, 2.24) is 0 Å². The molecule has 0 spiro atoms. The molecule has 1 aliphatic rings. The van der Waals surface area contributed by atoms with E-state index in [9.17, 15) is 4.39 Å². The molecule has 2 rings (SSSR count). The second kappa shape index (κ2) is 3.70. The molecule has 0 unspecified atom stereocenters. The first-order valence-electron chi connectivity index (χ1n) is 5.19. The largest absolute Gasteiger partial charge is 0.330 e. The number of aryl methyl sites for hydroxylation is 1.